The molecule has 0 atom stereocenters. The quantitative estimate of drug-likeness (QED) is 0.417. The summed E-state index contributed by atoms with van der Waals surface area (Å²) in [7, 11) is 1.44. The molecule has 0 N–H and O–H groups in total. The topological polar surface area (TPSA) is 26.3 Å². The predicted molar refractivity (Wildman–Crippen MR) is 53.4 cm³/mol. The van der Waals surface area contributed by atoms with E-state index in [-0.39, 0.29) is 11.4 Å². The van der Waals surface area contributed by atoms with Gasteiger partial charge in [-0.05, 0) is 26.7 Å². The second-order valence-electron chi connectivity index (χ2n) is 3.52. The van der Waals surface area contributed by atoms with Crippen molar-refractivity contribution < 1.29 is 9.53 Å². The van der Waals surface area contributed by atoms with E-state index in [1.165, 1.54) is 7.11 Å². The van der Waals surface area contributed by atoms with Crippen molar-refractivity contribution in [3.05, 3.63) is 0 Å². The molecule has 0 aliphatic heterocycles. The van der Waals surface area contributed by atoms with Crippen LogP contribution in [0.25, 0.3) is 0 Å². The molecule has 0 heterocycles. The van der Waals surface area contributed by atoms with Crippen molar-refractivity contribution >= 4 is 21.9 Å². The Hall–Kier alpha value is -0.0500. The number of ether oxygens (including phenoxy) is 1. The molecular formula is C9H17BrO2. The van der Waals surface area contributed by atoms with Gasteiger partial charge >= 0.3 is 5.97 Å². The lowest BCUT2D eigenvalue weighted by Gasteiger charge is -2.20. The molecule has 0 aromatic heterocycles. The number of methoxy groups -OCH3 is 1. The van der Waals surface area contributed by atoms with Crippen LogP contribution in [0.15, 0.2) is 0 Å². The zero-order valence-electron chi connectivity index (χ0n) is 8.02. The summed E-state index contributed by atoms with van der Waals surface area (Å²) in [5, 5.41) is 1.00. The predicted octanol–water partition coefficient (Wildman–Crippen LogP) is 2.75. The molecule has 0 rings (SSSR count). The second kappa shape index (κ2) is 5.57. The van der Waals surface area contributed by atoms with Gasteiger partial charge in [-0.3, -0.25) is 4.79 Å². The normalized spacial score (nSPS) is 11.3. The molecule has 0 aliphatic rings. The molecule has 2 nitrogen and oxygen atoms in total. The van der Waals surface area contributed by atoms with Crippen LogP contribution in [0.2, 0.25) is 0 Å². The maximum atomic E-state index is 11.2. The average molecular weight is 237 g/mol. The Bertz CT molecular complexity index is 143. The first kappa shape index (κ1) is 11.9. The molecule has 0 amide bonds. The van der Waals surface area contributed by atoms with Crippen molar-refractivity contribution in [2.45, 2.75) is 33.1 Å². The zero-order valence-corrected chi connectivity index (χ0v) is 9.61. The molecule has 0 fully saturated rings. The largest absolute Gasteiger partial charge is 0.469 e. The fourth-order valence-corrected chi connectivity index (χ4v) is 1.44. The number of carbonyl (C=O) groups is 1. The van der Waals surface area contributed by atoms with E-state index in [0.29, 0.717) is 0 Å². The Labute approximate surface area is 82.8 Å². The fraction of sp³-hybridized carbons (Fsp3) is 0.889. The second-order valence-corrected chi connectivity index (χ2v) is 4.31. The molecule has 0 unspecified atom stereocenters. The minimum absolute atomic E-state index is 0.114. The van der Waals surface area contributed by atoms with Crippen LogP contribution in [0.5, 0.6) is 0 Å². The van der Waals surface area contributed by atoms with Gasteiger partial charge in [-0.2, -0.15) is 0 Å². The van der Waals surface area contributed by atoms with E-state index >= 15 is 0 Å². The first-order valence-electron chi connectivity index (χ1n) is 4.19. The number of hydrogen-bond donors (Lipinski definition) is 0. The molecule has 0 aliphatic carbocycles. The van der Waals surface area contributed by atoms with E-state index in [4.69, 9.17) is 4.74 Å². The highest BCUT2D eigenvalue weighted by Gasteiger charge is 2.27. The van der Waals surface area contributed by atoms with Crippen molar-refractivity contribution in [1.82, 2.24) is 0 Å². The Morgan fingerprint density at radius 1 is 1.42 bits per heavy atom. The monoisotopic (exact) mass is 236 g/mol. The number of hydrogen-bond acceptors (Lipinski definition) is 2. The molecule has 0 radical (unpaired) electrons. The first-order chi connectivity index (χ1) is 5.54. The van der Waals surface area contributed by atoms with Crippen LogP contribution < -0.4 is 0 Å². The third kappa shape index (κ3) is 4.10. The maximum Gasteiger partial charge on any atom is 0.311 e. The third-order valence-electron chi connectivity index (χ3n) is 1.92. The maximum absolute atomic E-state index is 11.2. The molecule has 0 aromatic carbocycles. The van der Waals surface area contributed by atoms with Crippen LogP contribution in [0, 0.1) is 5.41 Å². The minimum Gasteiger partial charge on any atom is -0.469 e. The molecule has 0 spiro atoms. The highest BCUT2D eigenvalue weighted by atomic mass is 79.9. The Morgan fingerprint density at radius 2 is 2.00 bits per heavy atom. The first-order valence-corrected chi connectivity index (χ1v) is 5.31. The molecule has 0 saturated heterocycles. The molecular weight excluding hydrogens is 220 g/mol. The van der Waals surface area contributed by atoms with E-state index in [1.54, 1.807) is 0 Å². The van der Waals surface area contributed by atoms with E-state index < -0.39 is 0 Å². The van der Waals surface area contributed by atoms with E-state index in [2.05, 4.69) is 15.9 Å². The van der Waals surface area contributed by atoms with Gasteiger partial charge in [0.2, 0.25) is 0 Å². The summed E-state index contributed by atoms with van der Waals surface area (Å²) in [6.07, 6.45) is 3.07. The number of halogens is 1. The molecule has 3 heteroatoms. The number of esters is 1. The van der Waals surface area contributed by atoms with Crippen LogP contribution in [0.4, 0.5) is 0 Å². The third-order valence-corrected chi connectivity index (χ3v) is 2.48. The number of rotatable bonds is 5. The summed E-state index contributed by atoms with van der Waals surface area (Å²) in [6, 6.07) is 0. The Kier molecular flexibility index (Phi) is 5.55. The highest BCUT2D eigenvalue weighted by Crippen LogP contribution is 2.24. The summed E-state index contributed by atoms with van der Waals surface area (Å²) < 4.78 is 4.70. The van der Waals surface area contributed by atoms with Crippen molar-refractivity contribution in [2.24, 2.45) is 5.41 Å². The number of alkyl halides is 1. The van der Waals surface area contributed by atoms with Crippen LogP contribution >= 0.6 is 15.9 Å². The number of unbranched alkanes of at least 4 members (excludes halogenated alkanes) is 1. The average Bonchev–Trinajstić information content (AvgIpc) is 2.03. The lowest BCUT2D eigenvalue weighted by atomic mass is 9.87. The summed E-state index contributed by atoms with van der Waals surface area (Å²) in [4.78, 5) is 11.2. The van der Waals surface area contributed by atoms with Gasteiger partial charge in [-0.25, -0.2) is 0 Å². The van der Waals surface area contributed by atoms with E-state index in [1.807, 2.05) is 13.8 Å². The van der Waals surface area contributed by atoms with Crippen molar-refractivity contribution in [1.29, 1.82) is 0 Å². The van der Waals surface area contributed by atoms with Gasteiger partial charge in [0.1, 0.15) is 0 Å². The summed E-state index contributed by atoms with van der Waals surface area (Å²) in [6.45, 7) is 3.85. The van der Waals surface area contributed by atoms with Crippen LogP contribution in [0.1, 0.15) is 33.1 Å². The smallest absolute Gasteiger partial charge is 0.311 e. The van der Waals surface area contributed by atoms with Crippen LogP contribution in [-0.4, -0.2) is 18.4 Å². The standard InChI is InChI=1S/C9H17BrO2/c1-9(2,8(11)12-3)6-4-5-7-10/h4-7H2,1-3H3. The van der Waals surface area contributed by atoms with Gasteiger partial charge < -0.3 is 4.74 Å². The van der Waals surface area contributed by atoms with Crippen LogP contribution in [0.3, 0.4) is 0 Å². The molecule has 0 bridgehead atoms. The summed E-state index contributed by atoms with van der Waals surface area (Å²) >= 11 is 3.36. The summed E-state index contributed by atoms with van der Waals surface area (Å²) in [5.41, 5.74) is -0.322. The highest BCUT2D eigenvalue weighted by molar-refractivity contribution is 9.09. The van der Waals surface area contributed by atoms with Gasteiger partial charge in [0.25, 0.3) is 0 Å². The van der Waals surface area contributed by atoms with Crippen molar-refractivity contribution in [3.63, 3.8) is 0 Å². The summed E-state index contributed by atoms with van der Waals surface area (Å²) in [5.74, 6) is -0.114. The molecule has 72 valence electrons. The van der Waals surface area contributed by atoms with Gasteiger partial charge in [-0.15, -0.1) is 0 Å². The lowest BCUT2D eigenvalue weighted by Crippen LogP contribution is -2.25. The van der Waals surface area contributed by atoms with Crippen molar-refractivity contribution in [2.75, 3.05) is 12.4 Å². The molecule has 0 aromatic rings. The minimum atomic E-state index is -0.322. The molecule has 0 saturated carbocycles. The Balaban J connectivity index is 3.78. The van der Waals surface area contributed by atoms with Gasteiger partial charge in [-0.1, -0.05) is 22.4 Å². The van der Waals surface area contributed by atoms with Gasteiger partial charge in [0.05, 0.1) is 12.5 Å². The number of carbonyl (C=O) groups excluding carboxylic acids is 1. The van der Waals surface area contributed by atoms with Gasteiger partial charge in [0.15, 0.2) is 0 Å². The Morgan fingerprint density at radius 3 is 2.42 bits per heavy atom. The SMILES string of the molecule is COC(=O)C(C)(C)CCCCBr. The fourth-order valence-electron chi connectivity index (χ4n) is 1.04. The lowest BCUT2D eigenvalue weighted by molar-refractivity contribution is -0.151. The molecule has 12 heavy (non-hydrogen) atoms. The van der Waals surface area contributed by atoms with E-state index in [9.17, 15) is 4.79 Å². The van der Waals surface area contributed by atoms with Gasteiger partial charge in [0, 0.05) is 5.33 Å². The van der Waals surface area contributed by atoms with Crippen LogP contribution in [-0.2, 0) is 9.53 Å². The van der Waals surface area contributed by atoms with E-state index in [0.717, 1.165) is 24.6 Å². The van der Waals surface area contributed by atoms with Crippen molar-refractivity contribution in [3.8, 4) is 0 Å². The zero-order chi connectivity index (χ0) is 9.61.